The predicted octanol–water partition coefficient (Wildman–Crippen LogP) is 3.63. The van der Waals surface area contributed by atoms with Gasteiger partial charge in [-0.2, -0.15) is 0 Å². The summed E-state index contributed by atoms with van der Waals surface area (Å²) < 4.78 is 0. The topological polar surface area (TPSA) is 65.3 Å². The molecule has 0 aromatic heterocycles. The molecule has 102 valence electrons. The van der Waals surface area contributed by atoms with Gasteiger partial charge < -0.3 is 10.0 Å². The van der Waals surface area contributed by atoms with Gasteiger partial charge in [0.2, 0.25) is 0 Å². The molecule has 0 saturated carbocycles. The van der Waals surface area contributed by atoms with Gasteiger partial charge in [0.25, 0.3) is 5.91 Å². The molecule has 0 radical (unpaired) electrons. The maximum Gasteiger partial charge on any atom is 0.296 e. The smallest absolute Gasteiger partial charge is 0.296 e. The third-order valence-electron chi connectivity index (χ3n) is 3.67. The summed E-state index contributed by atoms with van der Waals surface area (Å²) in [6.07, 6.45) is 0. The molecule has 1 heterocycles. The summed E-state index contributed by atoms with van der Waals surface area (Å²) in [6, 6.07) is 6.95. The van der Waals surface area contributed by atoms with Crippen molar-refractivity contribution in [3.63, 3.8) is 0 Å². The van der Waals surface area contributed by atoms with Gasteiger partial charge >= 0.3 is 0 Å². The zero-order valence-electron chi connectivity index (χ0n) is 11.4. The number of amides is 1. The molecule has 20 heavy (non-hydrogen) atoms. The van der Waals surface area contributed by atoms with Crippen LogP contribution in [-0.4, -0.2) is 24.1 Å². The lowest BCUT2D eigenvalue weighted by Crippen LogP contribution is -2.22. The number of nitrogens with zero attached hydrogens (tertiary/aromatic N) is 3. The molecule has 1 aliphatic heterocycles. The highest BCUT2D eigenvalue weighted by atomic mass is 16.3. The van der Waals surface area contributed by atoms with E-state index < -0.39 is 0 Å². The third-order valence-corrected chi connectivity index (χ3v) is 3.67. The molecule has 1 aliphatic rings. The Hall–Kier alpha value is -2.43. The Morgan fingerprint density at radius 2 is 1.95 bits per heavy atom. The number of carbonyl (C=O) groups excluding carboxylic acids is 1. The van der Waals surface area contributed by atoms with Crippen molar-refractivity contribution in [1.82, 2.24) is 0 Å². The Balaban J connectivity index is 2.42. The monoisotopic (exact) mass is 269 g/mol. The molecule has 0 atom stereocenters. The molecule has 5 heteroatoms. The minimum atomic E-state index is -0.362. The number of phenols is 1. The number of rotatable bonds is 3. The van der Waals surface area contributed by atoms with Crippen LogP contribution in [0.5, 0.6) is 5.75 Å². The SMILES string of the molecule is CCN(CC)c1cc(O)c2cccc3c2c1N=NC3=O. The lowest BCUT2D eigenvalue weighted by Gasteiger charge is -2.25. The lowest BCUT2D eigenvalue weighted by atomic mass is 9.99. The molecule has 5 nitrogen and oxygen atoms in total. The van der Waals surface area contributed by atoms with Crippen molar-refractivity contribution in [2.45, 2.75) is 13.8 Å². The van der Waals surface area contributed by atoms with Crippen molar-refractivity contribution >= 4 is 28.1 Å². The van der Waals surface area contributed by atoms with Gasteiger partial charge in [-0.3, -0.25) is 4.79 Å². The normalized spacial score (nSPS) is 13.0. The number of hydrogen-bond acceptors (Lipinski definition) is 4. The molecule has 0 saturated heterocycles. The van der Waals surface area contributed by atoms with Gasteiger partial charge in [-0.15, -0.1) is 10.2 Å². The highest BCUT2D eigenvalue weighted by Crippen LogP contribution is 2.45. The molecule has 0 fully saturated rings. The maximum atomic E-state index is 11.8. The van der Waals surface area contributed by atoms with Gasteiger partial charge in [-0.05, 0) is 19.9 Å². The molecular weight excluding hydrogens is 254 g/mol. The van der Waals surface area contributed by atoms with Gasteiger partial charge in [-0.25, -0.2) is 0 Å². The van der Waals surface area contributed by atoms with Gasteiger partial charge in [-0.1, -0.05) is 12.1 Å². The molecule has 3 rings (SSSR count). The van der Waals surface area contributed by atoms with Crippen molar-refractivity contribution in [2.24, 2.45) is 10.2 Å². The van der Waals surface area contributed by atoms with E-state index in [0.717, 1.165) is 18.8 Å². The van der Waals surface area contributed by atoms with E-state index in [1.165, 1.54) is 0 Å². The quantitative estimate of drug-likeness (QED) is 0.925. The second kappa shape index (κ2) is 4.59. The fourth-order valence-electron chi connectivity index (χ4n) is 2.66. The van der Waals surface area contributed by atoms with Crippen LogP contribution in [-0.2, 0) is 0 Å². The van der Waals surface area contributed by atoms with Gasteiger partial charge in [0.05, 0.1) is 11.3 Å². The van der Waals surface area contributed by atoms with Gasteiger partial charge in [0.15, 0.2) is 0 Å². The van der Waals surface area contributed by atoms with Crippen LogP contribution >= 0.6 is 0 Å². The number of phenolic OH excluding ortho intramolecular Hbond substituents is 1. The van der Waals surface area contributed by atoms with Crippen molar-refractivity contribution in [1.29, 1.82) is 0 Å². The Morgan fingerprint density at radius 3 is 2.65 bits per heavy atom. The van der Waals surface area contributed by atoms with Crippen LogP contribution in [0.3, 0.4) is 0 Å². The number of carbonyl (C=O) groups is 1. The van der Waals surface area contributed by atoms with Gasteiger partial charge in [0, 0.05) is 29.9 Å². The number of anilines is 1. The van der Waals surface area contributed by atoms with Crippen molar-refractivity contribution < 1.29 is 9.90 Å². The maximum absolute atomic E-state index is 11.8. The zero-order chi connectivity index (χ0) is 14.3. The summed E-state index contributed by atoms with van der Waals surface area (Å²) in [5, 5.41) is 19.4. The van der Waals surface area contributed by atoms with Crippen LogP contribution in [0.1, 0.15) is 24.2 Å². The number of azo groups is 1. The second-order valence-corrected chi connectivity index (χ2v) is 4.67. The van der Waals surface area contributed by atoms with Crippen molar-refractivity contribution in [2.75, 3.05) is 18.0 Å². The summed E-state index contributed by atoms with van der Waals surface area (Å²) in [5.74, 6) is -0.198. The zero-order valence-corrected chi connectivity index (χ0v) is 11.4. The average molecular weight is 269 g/mol. The molecule has 1 amide bonds. The Kier molecular flexibility index (Phi) is 2.89. The standard InChI is InChI=1S/C15H15N3O2/c1-3-18(4-2)11-8-12(19)9-6-5-7-10-13(9)14(11)16-17-15(10)20/h5-8,19H,3-4H2,1-2H3. The van der Waals surface area contributed by atoms with Crippen LogP contribution < -0.4 is 4.90 Å². The lowest BCUT2D eigenvalue weighted by molar-refractivity contribution is 0.0995. The Labute approximate surface area is 116 Å². The van der Waals surface area contributed by atoms with E-state index in [1.807, 2.05) is 13.8 Å². The summed E-state index contributed by atoms with van der Waals surface area (Å²) in [7, 11) is 0. The molecule has 0 bridgehead atoms. The molecule has 0 spiro atoms. The van der Waals surface area contributed by atoms with E-state index in [-0.39, 0.29) is 11.7 Å². The fraction of sp³-hybridized carbons (Fsp3) is 0.267. The van der Waals surface area contributed by atoms with Crippen molar-refractivity contribution in [3.8, 4) is 5.75 Å². The minimum Gasteiger partial charge on any atom is -0.507 e. The first-order valence-electron chi connectivity index (χ1n) is 6.67. The largest absolute Gasteiger partial charge is 0.507 e. The number of hydrogen-bond donors (Lipinski definition) is 1. The highest BCUT2D eigenvalue weighted by molar-refractivity contribution is 6.16. The Bertz CT molecular complexity index is 733. The van der Waals surface area contributed by atoms with E-state index >= 15 is 0 Å². The van der Waals surface area contributed by atoms with E-state index in [9.17, 15) is 9.90 Å². The molecule has 2 aromatic rings. The van der Waals surface area contributed by atoms with Crippen LogP contribution in [0.15, 0.2) is 34.5 Å². The van der Waals surface area contributed by atoms with Crippen LogP contribution in [0, 0.1) is 0 Å². The average Bonchev–Trinajstić information content (AvgIpc) is 2.47. The fourth-order valence-corrected chi connectivity index (χ4v) is 2.66. The molecule has 1 N–H and O–H groups in total. The van der Waals surface area contributed by atoms with E-state index in [4.69, 9.17) is 0 Å². The molecular formula is C15H15N3O2. The first-order valence-corrected chi connectivity index (χ1v) is 6.67. The minimum absolute atomic E-state index is 0.164. The number of benzene rings is 2. The van der Waals surface area contributed by atoms with E-state index in [0.29, 0.717) is 22.0 Å². The van der Waals surface area contributed by atoms with E-state index in [1.54, 1.807) is 24.3 Å². The second-order valence-electron chi connectivity index (χ2n) is 4.67. The first-order chi connectivity index (χ1) is 9.67. The predicted molar refractivity (Wildman–Crippen MR) is 78.0 cm³/mol. The summed E-state index contributed by atoms with van der Waals surface area (Å²) in [4.78, 5) is 13.9. The summed E-state index contributed by atoms with van der Waals surface area (Å²) in [5.41, 5.74) is 1.97. The highest BCUT2D eigenvalue weighted by Gasteiger charge is 2.23. The van der Waals surface area contributed by atoms with Crippen molar-refractivity contribution in [3.05, 3.63) is 29.8 Å². The third kappa shape index (κ3) is 1.66. The first kappa shape index (κ1) is 12.6. The van der Waals surface area contributed by atoms with E-state index in [2.05, 4.69) is 15.1 Å². The van der Waals surface area contributed by atoms with Gasteiger partial charge in [0.1, 0.15) is 11.4 Å². The molecule has 2 aromatic carbocycles. The summed E-state index contributed by atoms with van der Waals surface area (Å²) >= 11 is 0. The van der Waals surface area contributed by atoms with Crippen LogP contribution in [0.4, 0.5) is 11.4 Å². The van der Waals surface area contributed by atoms with Crippen LogP contribution in [0.2, 0.25) is 0 Å². The number of aromatic hydroxyl groups is 1. The summed E-state index contributed by atoms with van der Waals surface area (Å²) in [6.45, 7) is 5.66. The molecule has 0 aliphatic carbocycles. The van der Waals surface area contributed by atoms with Crippen LogP contribution in [0.25, 0.3) is 10.8 Å². The molecule has 0 unspecified atom stereocenters. The Morgan fingerprint density at radius 1 is 1.20 bits per heavy atom.